The molecule has 0 aliphatic carbocycles. The summed E-state index contributed by atoms with van der Waals surface area (Å²) in [6.45, 7) is 6.35. The fraction of sp³-hybridized carbons (Fsp3) is 0.480. The Labute approximate surface area is 186 Å². The quantitative estimate of drug-likeness (QED) is 0.542. The Kier molecular flexibility index (Phi) is 7.89. The molecule has 1 heterocycles. The van der Waals surface area contributed by atoms with Crippen molar-refractivity contribution in [3.05, 3.63) is 59.7 Å². The molecule has 5 nitrogen and oxygen atoms in total. The Hall–Kier alpha value is -2.18. The zero-order valence-corrected chi connectivity index (χ0v) is 19.5. The van der Waals surface area contributed by atoms with Crippen LogP contribution in [0.2, 0.25) is 0 Å². The number of sulfone groups is 1. The van der Waals surface area contributed by atoms with E-state index in [-0.39, 0.29) is 22.3 Å². The van der Waals surface area contributed by atoms with Crippen molar-refractivity contribution in [1.82, 2.24) is 4.90 Å². The van der Waals surface area contributed by atoms with E-state index in [2.05, 4.69) is 30.9 Å². The number of likely N-dealkylation sites (tertiary alicyclic amines) is 1. The SMILES string of the molecule is COc1cccc(S(=O)(=O)CCN2CCC(C(=O)c3ccc(CC(C)C)cc3)CC2)c1. The van der Waals surface area contributed by atoms with E-state index in [4.69, 9.17) is 4.74 Å². The van der Waals surface area contributed by atoms with Gasteiger partial charge >= 0.3 is 0 Å². The fourth-order valence-electron chi connectivity index (χ4n) is 4.09. The third-order valence-corrected chi connectivity index (χ3v) is 7.61. The minimum Gasteiger partial charge on any atom is -0.497 e. The lowest BCUT2D eigenvalue weighted by molar-refractivity contribution is 0.0844. The number of piperidine rings is 1. The molecule has 31 heavy (non-hydrogen) atoms. The number of carbonyl (C=O) groups is 1. The van der Waals surface area contributed by atoms with Crippen molar-refractivity contribution in [1.29, 1.82) is 0 Å². The van der Waals surface area contributed by atoms with Gasteiger partial charge in [0.1, 0.15) is 5.75 Å². The molecule has 0 atom stereocenters. The van der Waals surface area contributed by atoms with Crippen molar-refractivity contribution in [2.45, 2.75) is 38.0 Å². The van der Waals surface area contributed by atoms with Crippen molar-refractivity contribution in [2.24, 2.45) is 11.8 Å². The molecule has 168 valence electrons. The van der Waals surface area contributed by atoms with E-state index in [0.717, 1.165) is 37.9 Å². The van der Waals surface area contributed by atoms with E-state index in [9.17, 15) is 13.2 Å². The summed E-state index contributed by atoms with van der Waals surface area (Å²) >= 11 is 0. The summed E-state index contributed by atoms with van der Waals surface area (Å²) in [6.07, 6.45) is 2.56. The molecule has 1 saturated heterocycles. The van der Waals surface area contributed by atoms with Crippen LogP contribution in [-0.2, 0) is 16.3 Å². The molecular weight excluding hydrogens is 410 g/mol. The van der Waals surface area contributed by atoms with Crippen molar-refractivity contribution in [3.8, 4) is 5.75 Å². The number of methoxy groups -OCH3 is 1. The first kappa shape index (κ1) is 23.5. The summed E-state index contributed by atoms with van der Waals surface area (Å²) in [5, 5.41) is 0. The lowest BCUT2D eigenvalue weighted by Gasteiger charge is -2.31. The highest BCUT2D eigenvalue weighted by atomic mass is 32.2. The second-order valence-electron chi connectivity index (χ2n) is 8.77. The smallest absolute Gasteiger partial charge is 0.179 e. The largest absolute Gasteiger partial charge is 0.497 e. The molecule has 0 spiro atoms. The first-order valence-electron chi connectivity index (χ1n) is 11.0. The molecule has 2 aromatic rings. The van der Waals surface area contributed by atoms with Crippen LogP contribution in [0.1, 0.15) is 42.6 Å². The zero-order valence-electron chi connectivity index (χ0n) is 18.7. The van der Waals surface area contributed by atoms with E-state index in [1.54, 1.807) is 24.3 Å². The van der Waals surface area contributed by atoms with Crippen LogP contribution < -0.4 is 4.74 Å². The van der Waals surface area contributed by atoms with E-state index in [0.29, 0.717) is 18.2 Å². The molecule has 0 amide bonds. The first-order chi connectivity index (χ1) is 14.8. The third kappa shape index (κ3) is 6.40. The molecule has 3 rings (SSSR count). The van der Waals surface area contributed by atoms with Crippen molar-refractivity contribution in [3.63, 3.8) is 0 Å². The van der Waals surface area contributed by atoms with Gasteiger partial charge in [-0.2, -0.15) is 0 Å². The van der Waals surface area contributed by atoms with Gasteiger partial charge in [-0.1, -0.05) is 44.2 Å². The fourth-order valence-corrected chi connectivity index (χ4v) is 5.41. The Morgan fingerprint density at radius 2 is 1.77 bits per heavy atom. The van der Waals surface area contributed by atoms with Crippen molar-refractivity contribution in [2.75, 3.05) is 32.5 Å². The maximum atomic E-state index is 12.9. The van der Waals surface area contributed by atoms with E-state index >= 15 is 0 Å². The van der Waals surface area contributed by atoms with Gasteiger partial charge in [0.15, 0.2) is 15.6 Å². The molecule has 1 aliphatic rings. The van der Waals surface area contributed by atoms with Crippen LogP contribution in [0.5, 0.6) is 5.75 Å². The molecule has 0 radical (unpaired) electrons. The second-order valence-corrected chi connectivity index (χ2v) is 10.9. The van der Waals surface area contributed by atoms with Gasteiger partial charge < -0.3 is 9.64 Å². The standard InChI is InChI=1S/C25H33NO4S/c1-19(2)17-20-7-9-21(10-8-20)25(27)22-11-13-26(14-12-22)15-16-31(28,29)24-6-4-5-23(18-24)30-3/h4-10,18-19,22H,11-17H2,1-3H3. The maximum Gasteiger partial charge on any atom is 0.179 e. The van der Waals surface area contributed by atoms with Crippen LogP contribution in [0, 0.1) is 11.8 Å². The van der Waals surface area contributed by atoms with Gasteiger partial charge in [-0.15, -0.1) is 0 Å². The number of hydrogen-bond donors (Lipinski definition) is 0. The van der Waals surface area contributed by atoms with Gasteiger partial charge in [-0.05, 0) is 62.0 Å². The average molecular weight is 444 g/mol. The Morgan fingerprint density at radius 3 is 2.39 bits per heavy atom. The van der Waals surface area contributed by atoms with Gasteiger partial charge in [0.05, 0.1) is 17.8 Å². The number of nitrogens with zero attached hydrogens (tertiary/aromatic N) is 1. The lowest BCUT2D eigenvalue weighted by Crippen LogP contribution is -2.38. The van der Waals surface area contributed by atoms with Crippen LogP contribution in [0.3, 0.4) is 0 Å². The molecule has 1 fully saturated rings. The molecule has 2 aromatic carbocycles. The van der Waals surface area contributed by atoms with Gasteiger partial charge in [0, 0.05) is 18.0 Å². The van der Waals surface area contributed by atoms with Gasteiger partial charge in [0.2, 0.25) is 0 Å². The minimum absolute atomic E-state index is 0.0159. The first-order valence-corrected chi connectivity index (χ1v) is 12.7. The summed E-state index contributed by atoms with van der Waals surface area (Å²) in [7, 11) is -1.84. The highest BCUT2D eigenvalue weighted by molar-refractivity contribution is 7.91. The highest BCUT2D eigenvalue weighted by Crippen LogP contribution is 2.23. The molecule has 0 aromatic heterocycles. The summed E-state index contributed by atoms with van der Waals surface area (Å²) in [6, 6.07) is 14.6. The van der Waals surface area contributed by atoms with Gasteiger partial charge in [-0.3, -0.25) is 4.79 Å². The van der Waals surface area contributed by atoms with Crippen LogP contribution in [0.4, 0.5) is 0 Å². The zero-order chi connectivity index (χ0) is 22.4. The molecule has 0 unspecified atom stereocenters. The van der Waals surface area contributed by atoms with Gasteiger partial charge in [0.25, 0.3) is 0 Å². The number of rotatable bonds is 9. The summed E-state index contributed by atoms with van der Waals surface area (Å²) < 4.78 is 30.4. The normalized spacial score (nSPS) is 15.9. The summed E-state index contributed by atoms with van der Waals surface area (Å²) in [4.78, 5) is 15.3. The minimum atomic E-state index is -3.37. The van der Waals surface area contributed by atoms with Crippen molar-refractivity contribution >= 4 is 15.6 Å². The number of ether oxygens (including phenoxy) is 1. The van der Waals surface area contributed by atoms with Crippen LogP contribution in [0.15, 0.2) is 53.4 Å². The molecular formula is C25H33NO4S. The number of hydrogen-bond acceptors (Lipinski definition) is 5. The highest BCUT2D eigenvalue weighted by Gasteiger charge is 2.27. The summed E-state index contributed by atoms with van der Waals surface area (Å²) in [5.74, 6) is 1.43. The predicted molar refractivity (Wildman–Crippen MR) is 124 cm³/mol. The molecule has 1 aliphatic heterocycles. The molecule has 6 heteroatoms. The molecule has 0 saturated carbocycles. The Balaban J connectivity index is 1.50. The van der Waals surface area contributed by atoms with Crippen LogP contribution >= 0.6 is 0 Å². The topological polar surface area (TPSA) is 63.7 Å². The van der Waals surface area contributed by atoms with E-state index in [1.807, 2.05) is 12.1 Å². The van der Waals surface area contributed by atoms with Crippen LogP contribution in [0.25, 0.3) is 0 Å². The van der Waals surface area contributed by atoms with Crippen LogP contribution in [-0.4, -0.2) is 51.6 Å². The second kappa shape index (κ2) is 10.4. The number of benzene rings is 2. The number of carbonyl (C=O) groups excluding carboxylic acids is 1. The third-order valence-electron chi connectivity index (χ3n) is 5.92. The maximum absolute atomic E-state index is 12.9. The molecule has 0 bridgehead atoms. The predicted octanol–water partition coefficient (Wildman–Crippen LogP) is 4.26. The number of ketones is 1. The lowest BCUT2D eigenvalue weighted by atomic mass is 9.88. The Morgan fingerprint density at radius 1 is 1.10 bits per heavy atom. The Bertz CT molecular complexity index is 975. The summed E-state index contributed by atoms with van der Waals surface area (Å²) in [5.41, 5.74) is 2.05. The van der Waals surface area contributed by atoms with Crippen molar-refractivity contribution < 1.29 is 17.9 Å². The van der Waals surface area contributed by atoms with E-state index < -0.39 is 9.84 Å². The van der Waals surface area contributed by atoms with E-state index in [1.165, 1.54) is 12.7 Å². The average Bonchev–Trinajstić information content (AvgIpc) is 2.78. The monoisotopic (exact) mass is 443 g/mol. The number of Topliss-reactive ketones (excluding diaryl/α,β-unsaturated/α-hetero) is 1. The molecule has 0 N–H and O–H groups in total. The van der Waals surface area contributed by atoms with Gasteiger partial charge in [-0.25, -0.2) is 8.42 Å².